The topological polar surface area (TPSA) is 23.4 Å². The third kappa shape index (κ3) is 3.07. The molecule has 0 bridgehead atoms. The van der Waals surface area contributed by atoms with Crippen LogP contribution in [0.25, 0.3) is 17.0 Å². The third-order valence-electron chi connectivity index (χ3n) is 4.10. The van der Waals surface area contributed by atoms with Crippen molar-refractivity contribution in [2.45, 2.75) is 12.8 Å². The van der Waals surface area contributed by atoms with E-state index in [0.717, 1.165) is 12.2 Å². The van der Waals surface area contributed by atoms with E-state index in [-0.39, 0.29) is 6.29 Å². The van der Waals surface area contributed by atoms with Crippen molar-refractivity contribution in [1.29, 1.82) is 0 Å². The van der Waals surface area contributed by atoms with Gasteiger partial charge in [-0.3, -0.25) is 0 Å². The Morgan fingerprint density at radius 2 is 1.70 bits per heavy atom. The number of hydrogen-bond donors (Lipinski definition) is 0. The minimum atomic E-state index is -0.224. The van der Waals surface area contributed by atoms with E-state index in [1.807, 2.05) is 12.1 Å². The van der Waals surface area contributed by atoms with Gasteiger partial charge < -0.3 is 14.0 Å². The normalized spacial score (nSPS) is 15.8. The molecule has 0 amide bonds. The number of fused-ring (bicyclic) bond motifs is 1. The van der Waals surface area contributed by atoms with E-state index in [1.165, 1.54) is 16.5 Å². The summed E-state index contributed by atoms with van der Waals surface area (Å²) in [6.45, 7) is 2.18. The van der Waals surface area contributed by atoms with Crippen LogP contribution in [-0.4, -0.2) is 24.1 Å². The van der Waals surface area contributed by atoms with Crippen molar-refractivity contribution >= 4 is 17.0 Å². The minimum absolute atomic E-state index is 0.224. The molecule has 0 N–H and O–H groups in total. The van der Waals surface area contributed by atoms with E-state index < -0.39 is 0 Å². The minimum Gasteiger partial charge on any atom is -0.347 e. The van der Waals surface area contributed by atoms with E-state index >= 15 is 0 Å². The molecule has 4 rings (SSSR count). The van der Waals surface area contributed by atoms with Crippen LogP contribution in [0.5, 0.6) is 0 Å². The molecule has 1 fully saturated rings. The highest BCUT2D eigenvalue weighted by atomic mass is 16.7. The van der Waals surface area contributed by atoms with E-state index in [1.54, 1.807) is 0 Å². The molecule has 0 atom stereocenters. The van der Waals surface area contributed by atoms with Crippen molar-refractivity contribution in [2.75, 3.05) is 13.2 Å². The van der Waals surface area contributed by atoms with Crippen LogP contribution in [0.4, 0.5) is 0 Å². The van der Waals surface area contributed by atoms with Gasteiger partial charge in [-0.15, -0.1) is 0 Å². The maximum atomic E-state index is 5.49. The van der Waals surface area contributed by atoms with Gasteiger partial charge in [0.25, 0.3) is 0 Å². The molecule has 3 heteroatoms. The number of nitrogens with zero attached hydrogens (tertiary/aromatic N) is 1. The standard InChI is InChI=1S/C20H19NO2/c1-2-6-16(7-3-1)15-21-18(10-11-20-22-12-13-23-20)14-17-8-4-5-9-19(17)21/h1-11,14,20H,12-13,15H2/b11-10+. The Morgan fingerprint density at radius 3 is 2.52 bits per heavy atom. The Morgan fingerprint density at radius 1 is 0.957 bits per heavy atom. The van der Waals surface area contributed by atoms with Gasteiger partial charge in [0.05, 0.1) is 13.2 Å². The van der Waals surface area contributed by atoms with Crippen molar-refractivity contribution < 1.29 is 9.47 Å². The van der Waals surface area contributed by atoms with Crippen LogP contribution in [-0.2, 0) is 16.0 Å². The first kappa shape index (κ1) is 14.2. The van der Waals surface area contributed by atoms with Crippen LogP contribution in [0.1, 0.15) is 11.3 Å². The zero-order valence-corrected chi connectivity index (χ0v) is 12.9. The van der Waals surface area contributed by atoms with Gasteiger partial charge >= 0.3 is 0 Å². The molecule has 1 aliphatic heterocycles. The first-order chi connectivity index (χ1) is 11.4. The maximum Gasteiger partial charge on any atom is 0.177 e. The summed E-state index contributed by atoms with van der Waals surface area (Å²) in [4.78, 5) is 0. The molecule has 3 nitrogen and oxygen atoms in total. The quantitative estimate of drug-likeness (QED) is 0.725. The van der Waals surface area contributed by atoms with Gasteiger partial charge in [-0.2, -0.15) is 0 Å². The Hall–Kier alpha value is -2.36. The van der Waals surface area contributed by atoms with Crippen LogP contribution in [0, 0.1) is 0 Å². The zero-order valence-electron chi connectivity index (χ0n) is 12.9. The fourth-order valence-corrected chi connectivity index (χ4v) is 2.98. The van der Waals surface area contributed by atoms with Crippen molar-refractivity contribution in [3.8, 4) is 0 Å². The van der Waals surface area contributed by atoms with Crippen LogP contribution in [0.3, 0.4) is 0 Å². The molecule has 0 unspecified atom stereocenters. The fourth-order valence-electron chi connectivity index (χ4n) is 2.98. The first-order valence-electron chi connectivity index (χ1n) is 7.94. The van der Waals surface area contributed by atoms with Gasteiger partial charge in [0.2, 0.25) is 0 Å². The van der Waals surface area contributed by atoms with Crippen LogP contribution >= 0.6 is 0 Å². The predicted octanol–water partition coefficient (Wildman–Crippen LogP) is 4.08. The molecule has 0 radical (unpaired) electrons. The average molecular weight is 305 g/mol. The molecule has 2 heterocycles. The van der Waals surface area contributed by atoms with E-state index in [4.69, 9.17) is 9.47 Å². The van der Waals surface area contributed by atoms with Gasteiger partial charge in [-0.05, 0) is 29.8 Å². The van der Waals surface area contributed by atoms with Crippen molar-refractivity contribution in [1.82, 2.24) is 4.57 Å². The molecule has 1 aromatic heterocycles. The maximum absolute atomic E-state index is 5.49. The Bertz CT molecular complexity index is 814. The molecule has 116 valence electrons. The molecule has 1 aliphatic rings. The van der Waals surface area contributed by atoms with Crippen LogP contribution in [0.2, 0.25) is 0 Å². The lowest BCUT2D eigenvalue weighted by molar-refractivity contribution is -0.000922. The van der Waals surface area contributed by atoms with E-state index in [0.29, 0.717) is 13.2 Å². The molecule has 1 saturated heterocycles. The highest BCUT2D eigenvalue weighted by molar-refractivity contribution is 5.83. The van der Waals surface area contributed by atoms with Crippen molar-refractivity contribution in [3.05, 3.63) is 78.0 Å². The second kappa shape index (κ2) is 6.41. The zero-order chi connectivity index (χ0) is 15.5. The second-order valence-electron chi connectivity index (χ2n) is 5.67. The molecule has 23 heavy (non-hydrogen) atoms. The molecule has 0 saturated carbocycles. The van der Waals surface area contributed by atoms with Crippen LogP contribution < -0.4 is 0 Å². The highest BCUT2D eigenvalue weighted by Gasteiger charge is 2.13. The van der Waals surface area contributed by atoms with E-state index in [2.05, 4.69) is 65.2 Å². The molecule has 0 aliphatic carbocycles. The molecule has 3 aromatic rings. The summed E-state index contributed by atoms with van der Waals surface area (Å²) in [5.41, 5.74) is 3.69. The monoisotopic (exact) mass is 305 g/mol. The number of rotatable bonds is 4. The third-order valence-corrected chi connectivity index (χ3v) is 4.10. The van der Waals surface area contributed by atoms with Crippen molar-refractivity contribution in [2.24, 2.45) is 0 Å². The fraction of sp³-hybridized carbons (Fsp3) is 0.200. The van der Waals surface area contributed by atoms with Crippen LogP contribution in [0.15, 0.2) is 66.7 Å². The average Bonchev–Trinajstić information content (AvgIpc) is 3.22. The Labute approximate surface area is 135 Å². The Balaban J connectivity index is 1.72. The smallest absolute Gasteiger partial charge is 0.177 e. The van der Waals surface area contributed by atoms with Gasteiger partial charge in [0, 0.05) is 23.1 Å². The summed E-state index contributed by atoms with van der Waals surface area (Å²) in [5, 5.41) is 1.25. The van der Waals surface area contributed by atoms with Crippen molar-refractivity contribution in [3.63, 3.8) is 0 Å². The number of ether oxygens (including phenoxy) is 2. The van der Waals surface area contributed by atoms with Gasteiger partial charge in [-0.1, -0.05) is 48.5 Å². The molecule has 2 aromatic carbocycles. The summed E-state index contributed by atoms with van der Waals surface area (Å²) < 4.78 is 13.3. The predicted molar refractivity (Wildman–Crippen MR) is 92.2 cm³/mol. The largest absolute Gasteiger partial charge is 0.347 e. The lowest BCUT2D eigenvalue weighted by Gasteiger charge is -2.09. The lowest BCUT2D eigenvalue weighted by atomic mass is 10.2. The SMILES string of the molecule is C(=C\C1OCCO1)/c1cc2ccccc2n1Cc1ccccc1. The summed E-state index contributed by atoms with van der Waals surface area (Å²) in [6.07, 6.45) is 3.86. The molecular weight excluding hydrogens is 286 g/mol. The Kier molecular flexibility index (Phi) is 3.97. The van der Waals surface area contributed by atoms with E-state index in [9.17, 15) is 0 Å². The molecule has 0 spiro atoms. The van der Waals surface area contributed by atoms with Gasteiger partial charge in [-0.25, -0.2) is 0 Å². The lowest BCUT2D eigenvalue weighted by Crippen LogP contribution is -2.04. The summed E-state index contributed by atoms with van der Waals surface area (Å²) in [5.74, 6) is 0. The number of benzene rings is 2. The summed E-state index contributed by atoms with van der Waals surface area (Å²) >= 11 is 0. The van der Waals surface area contributed by atoms with Gasteiger partial charge in [0.15, 0.2) is 6.29 Å². The second-order valence-corrected chi connectivity index (χ2v) is 5.67. The first-order valence-corrected chi connectivity index (χ1v) is 7.94. The number of para-hydroxylation sites is 1. The highest BCUT2D eigenvalue weighted by Crippen LogP contribution is 2.23. The number of hydrogen-bond acceptors (Lipinski definition) is 2. The van der Waals surface area contributed by atoms with Gasteiger partial charge in [0.1, 0.15) is 0 Å². The summed E-state index contributed by atoms with van der Waals surface area (Å²) in [6, 6.07) is 21.2. The molecular formula is C20H19NO2. The number of aromatic nitrogens is 1. The summed E-state index contributed by atoms with van der Waals surface area (Å²) in [7, 11) is 0.